The minimum atomic E-state index is -0.238. The number of fused-ring (bicyclic) bond motifs is 1. The van der Waals surface area contributed by atoms with E-state index in [9.17, 15) is 0 Å². The van der Waals surface area contributed by atoms with Crippen LogP contribution in [0.4, 0.5) is 0 Å². The monoisotopic (exact) mass is 542 g/mol. The molecule has 3 aliphatic heterocycles. The van der Waals surface area contributed by atoms with Crippen LogP contribution < -0.4 is 14.2 Å². The largest absolute Gasteiger partial charge is 0.480 e. The molecule has 3 aromatic carbocycles. The van der Waals surface area contributed by atoms with Gasteiger partial charge in [0.25, 0.3) is 0 Å². The van der Waals surface area contributed by atoms with Crippen LogP contribution in [0.1, 0.15) is 87.7 Å². The summed E-state index contributed by atoms with van der Waals surface area (Å²) in [6.07, 6.45) is 5.67. The number of ether oxygens (including phenoxy) is 5. The van der Waals surface area contributed by atoms with Gasteiger partial charge in [-0.3, -0.25) is 0 Å². The summed E-state index contributed by atoms with van der Waals surface area (Å²) in [7, 11) is 0. The SMILES string of the molecule is CC.CC1=C(c2cccc(OC3CCCCO3)c2)C(c2ccc(C)cc2)Oc2ccc(OC3CCCCO3)cc21. The highest BCUT2D eigenvalue weighted by molar-refractivity contribution is 5.95. The molecule has 0 aromatic heterocycles. The molecule has 0 N–H and O–H groups in total. The van der Waals surface area contributed by atoms with Crippen LogP contribution in [0.25, 0.3) is 11.1 Å². The van der Waals surface area contributed by atoms with Crippen LogP contribution in [0, 0.1) is 6.92 Å². The average Bonchev–Trinajstić information content (AvgIpc) is 3.00. The molecule has 40 heavy (non-hydrogen) atoms. The van der Waals surface area contributed by atoms with E-state index in [1.165, 1.54) is 5.56 Å². The first-order valence-electron chi connectivity index (χ1n) is 14.9. The number of hydrogen-bond donors (Lipinski definition) is 0. The summed E-state index contributed by atoms with van der Waals surface area (Å²) in [5, 5.41) is 0. The average molecular weight is 543 g/mol. The minimum Gasteiger partial charge on any atom is -0.480 e. The van der Waals surface area contributed by atoms with Crippen LogP contribution in [0.2, 0.25) is 0 Å². The van der Waals surface area contributed by atoms with Crippen molar-refractivity contribution in [1.29, 1.82) is 0 Å². The van der Waals surface area contributed by atoms with Crippen LogP contribution in [0.3, 0.4) is 0 Å². The van der Waals surface area contributed by atoms with E-state index in [-0.39, 0.29) is 18.7 Å². The Morgan fingerprint density at radius 1 is 0.700 bits per heavy atom. The van der Waals surface area contributed by atoms with Gasteiger partial charge in [-0.05, 0) is 86.6 Å². The van der Waals surface area contributed by atoms with Gasteiger partial charge >= 0.3 is 0 Å². The van der Waals surface area contributed by atoms with Crippen molar-refractivity contribution >= 4 is 11.1 Å². The molecule has 2 saturated heterocycles. The van der Waals surface area contributed by atoms with Crippen molar-refractivity contribution in [2.75, 3.05) is 13.2 Å². The van der Waals surface area contributed by atoms with E-state index in [2.05, 4.69) is 62.4 Å². The third-order valence-corrected chi connectivity index (χ3v) is 7.60. The first kappa shape index (κ1) is 28.3. The van der Waals surface area contributed by atoms with E-state index in [0.29, 0.717) is 0 Å². The molecule has 3 unspecified atom stereocenters. The Morgan fingerprint density at radius 3 is 1.98 bits per heavy atom. The lowest BCUT2D eigenvalue weighted by Gasteiger charge is -2.32. The molecule has 0 radical (unpaired) electrons. The Kier molecular flexibility index (Phi) is 9.45. The Balaban J connectivity index is 0.00000158. The van der Waals surface area contributed by atoms with E-state index in [1.54, 1.807) is 0 Å². The van der Waals surface area contributed by atoms with Gasteiger partial charge in [0, 0.05) is 24.0 Å². The summed E-state index contributed by atoms with van der Waals surface area (Å²) in [4.78, 5) is 0. The van der Waals surface area contributed by atoms with Crippen molar-refractivity contribution in [3.8, 4) is 17.2 Å². The summed E-state index contributed by atoms with van der Waals surface area (Å²) in [5.41, 5.74) is 6.75. The topological polar surface area (TPSA) is 46.2 Å². The first-order chi connectivity index (χ1) is 19.6. The molecular weight excluding hydrogens is 500 g/mol. The normalized spacial score (nSPS) is 22.4. The van der Waals surface area contributed by atoms with Gasteiger partial charge in [-0.2, -0.15) is 0 Å². The highest BCUT2D eigenvalue weighted by Gasteiger charge is 2.30. The van der Waals surface area contributed by atoms with Crippen molar-refractivity contribution in [3.05, 3.63) is 89.0 Å². The summed E-state index contributed by atoms with van der Waals surface area (Å²) in [5.74, 6) is 2.48. The summed E-state index contributed by atoms with van der Waals surface area (Å²) >= 11 is 0. The Labute approximate surface area is 239 Å². The second-order valence-corrected chi connectivity index (χ2v) is 10.5. The summed E-state index contributed by atoms with van der Waals surface area (Å²) in [6, 6.07) is 23.0. The molecule has 3 aliphatic rings. The van der Waals surface area contributed by atoms with E-state index in [0.717, 1.165) is 96.8 Å². The van der Waals surface area contributed by atoms with Gasteiger partial charge in [-0.1, -0.05) is 55.8 Å². The van der Waals surface area contributed by atoms with Crippen molar-refractivity contribution in [1.82, 2.24) is 0 Å². The maximum atomic E-state index is 6.72. The van der Waals surface area contributed by atoms with E-state index in [1.807, 2.05) is 32.0 Å². The molecule has 3 atom stereocenters. The van der Waals surface area contributed by atoms with Gasteiger partial charge in [0.2, 0.25) is 0 Å². The summed E-state index contributed by atoms with van der Waals surface area (Å²) in [6.45, 7) is 9.79. The fourth-order valence-electron chi connectivity index (χ4n) is 5.50. The van der Waals surface area contributed by atoms with Gasteiger partial charge < -0.3 is 23.7 Å². The molecule has 0 aliphatic carbocycles. The number of aryl methyl sites for hydroxylation is 1. The third-order valence-electron chi connectivity index (χ3n) is 7.60. The van der Waals surface area contributed by atoms with Crippen LogP contribution in [0.5, 0.6) is 17.2 Å². The highest BCUT2D eigenvalue weighted by Crippen LogP contribution is 2.48. The lowest BCUT2D eigenvalue weighted by atomic mass is 9.86. The van der Waals surface area contributed by atoms with Gasteiger partial charge in [0.15, 0.2) is 12.6 Å². The highest BCUT2D eigenvalue weighted by atomic mass is 16.7. The Hall–Kier alpha value is -3.28. The summed E-state index contributed by atoms with van der Waals surface area (Å²) < 4.78 is 30.8. The molecule has 0 saturated carbocycles. The predicted molar refractivity (Wildman–Crippen MR) is 160 cm³/mol. The predicted octanol–water partition coefficient (Wildman–Crippen LogP) is 8.90. The van der Waals surface area contributed by atoms with Crippen molar-refractivity contribution in [3.63, 3.8) is 0 Å². The second kappa shape index (κ2) is 13.4. The van der Waals surface area contributed by atoms with Crippen LogP contribution in [0.15, 0.2) is 66.7 Å². The second-order valence-electron chi connectivity index (χ2n) is 10.5. The van der Waals surface area contributed by atoms with E-state index in [4.69, 9.17) is 23.7 Å². The fourth-order valence-corrected chi connectivity index (χ4v) is 5.50. The molecular formula is C35H42O5. The van der Waals surface area contributed by atoms with E-state index < -0.39 is 0 Å². The van der Waals surface area contributed by atoms with Crippen molar-refractivity contribution < 1.29 is 23.7 Å². The standard InChI is InChI=1S/C33H36O5.C2H6/c1-22-12-14-24(15-13-22)33-32(25-8-7-9-26(20-25)36-30-10-3-5-18-34-30)23(2)28-21-27(16-17-29(28)38-33)37-31-11-4-6-19-35-31;1-2/h7-9,12-17,20-21,30-31,33H,3-6,10-11,18-19H2,1-2H3;1-2H3. The zero-order valence-electron chi connectivity index (χ0n) is 24.3. The maximum Gasteiger partial charge on any atom is 0.199 e. The smallest absolute Gasteiger partial charge is 0.199 e. The van der Waals surface area contributed by atoms with Crippen molar-refractivity contribution in [2.24, 2.45) is 0 Å². The molecule has 0 amide bonds. The van der Waals surface area contributed by atoms with Crippen molar-refractivity contribution in [2.45, 2.75) is 84.9 Å². The molecule has 2 fully saturated rings. The zero-order chi connectivity index (χ0) is 27.9. The van der Waals surface area contributed by atoms with Gasteiger partial charge in [0.05, 0.1) is 13.2 Å². The fraction of sp³-hybridized carbons (Fsp3) is 0.429. The maximum absolute atomic E-state index is 6.72. The minimum absolute atomic E-state index is 0.188. The molecule has 0 bridgehead atoms. The lowest BCUT2D eigenvalue weighted by molar-refractivity contribution is -0.106. The molecule has 3 heterocycles. The third kappa shape index (κ3) is 6.54. The Morgan fingerprint density at radius 2 is 1.35 bits per heavy atom. The van der Waals surface area contributed by atoms with Crippen LogP contribution in [-0.2, 0) is 9.47 Å². The molecule has 0 spiro atoms. The quantitative estimate of drug-likeness (QED) is 0.311. The number of allylic oxidation sites excluding steroid dienone is 1. The molecule has 3 aromatic rings. The molecule has 5 nitrogen and oxygen atoms in total. The van der Waals surface area contributed by atoms with Crippen LogP contribution in [-0.4, -0.2) is 25.8 Å². The molecule has 6 rings (SSSR count). The molecule has 212 valence electrons. The Bertz CT molecular complexity index is 1280. The molecule has 5 heteroatoms. The van der Waals surface area contributed by atoms with Crippen LogP contribution >= 0.6 is 0 Å². The van der Waals surface area contributed by atoms with Gasteiger partial charge in [0.1, 0.15) is 23.4 Å². The zero-order valence-corrected chi connectivity index (χ0v) is 24.3. The lowest BCUT2D eigenvalue weighted by Crippen LogP contribution is -2.25. The van der Waals surface area contributed by atoms with Gasteiger partial charge in [-0.15, -0.1) is 0 Å². The van der Waals surface area contributed by atoms with E-state index >= 15 is 0 Å². The first-order valence-corrected chi connectivity index (χ1v) is 14.9. The van der Waals surface area contributed by atoms with Gasteiger partial charge in [-0.25, -0.2) is 0 Å². The number of hydrogen-bond acceptors (Lipinski definition) is 5. The number of rotatable bonds is 6. The number of benzene rings is 3.